The number of hydrogen-bond donors (Lipinski definition) is 0. The predicted molar refractivity (Wildman–Crippen MR) is 90.0 cm³/mol. The predicted octanol–water partition coefficient (Wildman–Crippen LogP) is 4.06. The number of carbonyl (C=O) groups excluding carboxylic acids is 2. The number of Topliss-reactive ketones (excluding diaryl/α,β-unsaturated/α-hetero) is 1. The molecule has 0 saturated carbocycles. The van der Waals surface area contributed by atoms with Gasteiger partial charge in [0.05, 0.1) is 5.75 Å². The zero-order valence-electron chi connectivity index (χ0n) is 13.7. The Balaban J connectivity index is 1.96. The summed E-state index contributed by atoms with van der Waals surface area (Å²) in [5, 5.41) is 0. The van der Waals surface area contributed by atoms with E-state index in [2.05, 4.69) is 0 Å². The first-order valence-corrected chi connectivity index (χ1v) is 8.37. The molecule has 3 nitrogen and oxygen atoms in total. The minimum absolute atomic E-state index is 0.0166. The average molecular weight is 367 g/mol. The summed E-state index contributed by atoms with van der Waals surface area (Å²) in [4.78, 5) is 24.8. The van der Waals surface area contributed by atoms with Gasteiger partial charge in [-0.25, -0.2) is 13.2 Å². The zero-order chi connectivity index (χ0) is 18.6. The highest BCUT2D eigenvalue weighted by atomic mass is 32.2. The molecule has 1 amide bonds. The van der Waals surface area contributed by atoms with E-state index in [0.717, 1.165) is 30.0 Å². The average Bonchev–Trinajstić information content (AvgIpc) is 2.55. The van der Waals surface area contributed by atoms with E-state index in [-0.39, 0.29) is 40.0 Å². The molecule has 7 heteroatoms. The number of rotatable bonds is 6. The normalized spacial score (nSPS) is 10.6. The Morgan fingerprint density at radius 3 is 2.36 bits per heavy atom. The van der Waals surface area contributed by atoms with Gasteiger partial charge in [0.15, 0.2) is 5.78 Å². The molecule has 2 rings (SSSR count). The Bertz CT molecular complexity index is 811. The summed E-state index contributed by atoms with van der Waals surface area (Å²) in [5.41, 5.74) is 0.455. The van der Waals surface area contributed by atoms with Gasteiger partial charge in [-0.15, -0.1) is 11.8 Å². The van der Waals surface area contributed by atoms with Crippen LogP contribution in [0.4, 0.5) is 13.2 Å². The first-order valence-electron chi connectivity index (χ1n) is 7.39. The third kappa shape index (κ3) is 5.09. The fourth-order valence-corrected chi connectivity index (χ4v) is 2.94. The molecular formula is C18H16F3NO2S. The first-order chi connectivity index (χ1) is 11.8. The summed E-state index contributed by atoms with van der Waals surface area (Å²) in [6.45, 7) is 1.33. The van der Waals surface area contributed by atoms with E-state index < -0.39 is 17.5 Å². The Labute approximate surface area is 147 Å². The largest absolute Gasteiger partial charge is 0.341 e. The van der Waals surface area contributed by atoms with Crippen LogP contribution in [-0.4, -0.2) is 29.4 Å². The van der Waals surface area contributed by atoms with Gasteiger partial charge in [-0.3, -0.25) is 9.59 Å². The van der Waals surface area contributed by atoms with Crippen LogP contribution < -0.4 is 0 Å². The number of ketones is 1. The van der Waals surface area contributed by atoms with E-state index in [1.165, 1.54) is 37.1 Å². The van der Waals surface area contributed by atoms with Crippen molar-refractivity contribution < 1.29 is 22.8 Å². The number of amides is 1. The lowest BCUT2D eigenvalue weighted by Crippen LogP contribution is -2.28. The summed E-state index contributed by atoms with van der Waals surface area (Å²) in [5.74, 6) is -2.60. The number of nitrogens with zero attached hydrogens (tertiary/aromatic N) is 1. The number of benzene rings is 2. The monoisotopic (exact) mass is 367 g/mol. The molecule has 0 atom stereocenters. The van der Waals surface area contributed by atoms with Crippen molar-refractivity contribution in [1.29, 1.82) is 0 Å². The van der Waals surface area contributed by atoms with Crippen LogP contribution in [0.3, 0.4) is 0 Å². The van der Waals surface area contributed by atoms with E-state index >= 15 is 0 Å². The molecule has 132 valence electrons. The summed E-state index contributed by atoms with van der Waals surface area (Å²) in [7, 11) is 1.49. The van der Waals surface area contributed by atoms with Crippen molar-refractivity contribution in [3.05, 3.63) is 65.0 Å². The molecule has 2 aromatic rings. The second-order valence-electron chi connectivity index (χ2n) is 5.48. The highest BCUT2D eigenvalue weighted by Gasteiger charge is 2.14. The maximum Gasteiger partial charge on any atom is 0.232 e. The molecule has 0 aliphatic rings. The lowest BCUT2D eigenvalue weighted by atomic mass is 10.1. The second kappa shape index (κ2) is 8.20. The summed E-state index contributed by atoms with van der Waals surface area (Å²) < 4.78 is 40.4. The molecule has 0 fully saturated rings. The highest BCUT2D eigenvalue weighted by molar-refractivity contribution is 8.00. The van der Waals surface area contributed by atoms with Crippen LogP contribution in [0.1, 0.15) is 22.8 Å². The van der Waals surface area contributed by atoms with Gasteiger partial charge in [0.25, 0.3) is 0 Å². The van der Waals surface area contributed by atoms with Crippen molar-refractivity contribution in [1.82, 2.24) is 4.90 Å². The van der Waals surface area contributed by atoms with Crippen molar-refractivity contribution in [2.75, 3.05) is 12.8 Å². The van der Waals surface area contributed by atoms with Crippen molar-refractivity contribution in [2.45, 2.75) is 18.4 Å². The van der Waals surface area contributed by atoms with Crippen LogP contribution in [0.15, 0.2) is 41.3 Å². The summed E-state index contributed by atoms with van der Waals surface area (Å²) in [6.07, 6.45) is 0. The van der Waals surface area contributed by atoms with Crippen LogP contribution in [0.25, 0.3) is 0 Å². The summed E-state index contributed by atoms with van der Waals surface area (Å²) in [6, 6.07) is 7.24. The lowest BCUT2D eigenvalue weighted by Gasteiger charge is -2.17. The van der Waals surface area contributed by atoms with Gasteiger partial charge in [0.2, 0.25) is 5.91 Å². The van der Waals surface area contributed by atoms with E-state index in [1.807, 2.05) is 0 Å². The fourth-order valence-electron chi connectivity index (χ4n) is 2.08. The number of hydrogen-bond acceptors (Lipinski definition) is 3. The third-order valence-electron chi connectivity index (χ3n) is 3.54. The van der Waals surface area contributed by atoms with Crippen LogP contribution >= 0.6 is 11.8 Å². The van der Waals surface area contributed by atoms with E-state index in [9.17, 15) is 22.8 Å². The quantitative estimate of drug-likeness (QED) is 0.571. The van der Waals surface area contributed by atoms with Crippen molar-refractivity contribution >= 4 is 23.5 Å². The van der Waals surface area contributed by atoms with Gasteiger partial charge in [0, 0.05) is 35.7 Å². The Morgan fingerprint density at radius 2 is 1.76 bits per heavy atom. The van der Waals surface area contributed by atoms with Gasteiger partial charge in [-0.2, -0.15) is 0 Å². The Hall–Kier alpha value is -2.28. The molecule has 0 N–H and O–H groups in total. The van der Waals surface area contributed by atoms with Gasteiger partial charge in [-0.1, -0.05) is 12.1 Å². The van der Waals surface area contributed by atoms with E-state index in [4.69, 9.17) is 0 Å². The number of thioether (sulfide) groups is 1. The standard InChI is InChI=1S/C18H16F3NO2S/c1-11(23)12-4-6-17(16(21)7-12)25-10-18(24)22(2)9-13-3-5-14(19)8-15(13)20/h3-8H,9-10H2,1-2H3. The van der Waals surface area contributed by atoms with E-state index in [1.54, 1.807) is 0 Å². The molecule has 0 bridgehead atoms. The molecule has 25 heavy (non-hydrogen) atoms. The van der Waals surface area contributed by atoms with Crippen molar-refractivity contribution in [3.8, 4) is 0 Å². The van der Waals surface area contributed by atoms with Gasteiger partial charge in [-0.05, 0) is 25.1 Å². The molecule has 0 heterocycles. The minimum atomic E-state index is -0.724. The minimum Gasteiger partial charge on any atom is -0.341 e. The number of halogens is 3. The topological polar surface area (TPSA) is 37.4 Å². The molecule has 0 unspecified atom stereocenters. The zero-order valence-corrected chi connectivity index (χ0v) is 14.5. The highest BCUT2D eigenvalue weighted by Crippen LogP contribution is 2.23. The van der Waals surface area contributed by atoms with E-state index in [0.29, 0.717) is 0 Å². The molecule has 2 aromatic carbocycles. The van der Waals surface area contributed by atoms with Gasteiger partial charge < -0.3 is 4.90 Å². The molecule has 0 aromatic heterocycles. The molecule has 0 spiro atoms. The van der Waals surface area contributed by atoms with Crippen molar-refractivity contribution in [2.24, 2.45) is 0 Å². The molecule has 0 aliphatic heterocycles. The molecule has 0 radical (unpaired) electrons. The van der Waals surface area contributed by atoms with Gasteiger partial charge >= 0.3 is 0 Å². The van der Waals surface area contributed by atoms with Crippen molar-refractivity contribution in [3.63, 3.8) is 0 Å². The van der Waals surface area contributed by atoms with Crippen LogP contribution in [0.5, 0.6) is 0 Å². The first kappa shape index (κ1) is 19.1. The smallest absolute Gasteiger partial charge is 0.232 e. The lowest BCUT2D eigenvalue weighted by molar-refractivity contribution is -0.127. The molecule has 0 saturated heterocycles. The third-order valence-corrected chi connectivity index (χ3v) is 4.57. The molecular weight excluding hydrogens is 351 g/mol. The SMILES string of the molecule is CC(=O)c1ccc(SCC(=O)N(C)Cc2ccc(F)cc2F)c(F)c1. The maximum absolute atomic E-state index is 13.9. The second-order valence-corrected chi connectivity index (χ2v) is 6.49. The van der Waals surface area contributed by atoms with Crippen LogP contribution in [-0.2, 0) is 11.3 Å². The number of carbonyl (C=O) groups is 2. The van der Waals surface area contributed by atoms with Gasteiger partial charge in [0.1, 0.15) is 17.5 Å². The maximum atomic E-state index is 13.9. The molecule has 0 aliphatic carbocycles. The summed E-state index contributed by atoms with van der Waals surface area (Å²) >= 11 is 0.990. The fraction of sp³-hybridized carbons (Fsp3) is 0.222. The Morgan fingerprint density at radius 1 is 1.04 bits per heavy atom. The Kier molecular flexibility index (Phi) is 6.25. The van der Waals surface area contributed by atoms with Crippen LogP contribution in [0.2, 0.25) is 0 Å². The van der Waals surface area contributed by atoms with Crippen LogP contribution in [0, 0.1) is 17.5 Å².